The molecule has 0 aliphatic heterocycles. The zero-order chi connectivity index (χ0) is 12.1. The Balaban J connectivity index is 2.19. The molecule has 1 unspecified atom stereocenters. The fourth-order valence-corrected chi connectivity index (χ4v) is 1.80. The van der Waals surface area contributed by atoms with E-state index in [-0.39, 0.29) is 6.04 Å². The van der Waals surface area contributed by atoms with Gasteiger partial charge in [0.1, 0.15) is 5.82 Å². The number of aromatic nitrogens is 3. The van der Waals surface area contributed by atoms with Gasteiger partial charge in [-0.05, 0) is 31.2 Å². The minimum absolute atomic E-state index is 0.0519. The fourth-order valence-electron chi connectivity index (χ4n) is 1.60. The third-order valence-electron chi connectivity index (χ3n) is 2.53. The molecule has 0 aliphatic rings. The zero-order valence-electron chi connectivity index (χ0n) is 9.47. The Morgan fingerprint density at radius 3 is 2.71 bits per heavy atom. The van der Waals surface area contributed by atoms with Crippen LogP contribution in [0.1, 0.15) is 17.4 Å². The standard InChI is InChI=1S/C12H13ClN4/c1-14-11(12-16-4-2-5-17-12)7-9-3-6-15-8-10(9)13/h2-6,8,11,14H,7H2,1H3. The predicted octanol–water partition coefficient (Wildman–Crippen LogP) is 2.03. The SMILES string of the molecule is CNC(Cc1ccncc1Cl)c1ncccn1. The minimum Gasteiger partial charge on any atom is -0.310 e. The van der Waals surface area contributed by atoms with Crippen molar-refractivity contribution in [1.29, 1.82) is 0 Å². The van der Waals surface area contributed by atoms with Gasteiger partial charge in [-0.15, -0.1) is 0 Å². The van der Waals surface area contributed by atoms with Gasteiger partial charge in [0, 0.05) is 24.8 Å². The molecule has 2 aromatic heterocycles. The third-order valence-corrected chi connectivity index (χ3v) is 2.87. The van der Waals surface area contributed by atoms with Crippen molar-refractivity contribution in [2.75, 3.05) is 7.05 Å². The lowest BCUT2D eigenvalue weighted by Crippen LogP contribution is -2.21. The van der Waals surface area contributed by atoms with Crippen molar-refractivity contribution in [3.8, 4) is 0 Å². The number of hydrogen-bond donors (Lipinski definition) is 1. The molecule has 5 heteroatoms. The first kappa shape index (κ1) is 12.0. The Hall–Kier alpha value is -1.52. The monoisotopic (exact) mass is 248 g/mol. The predicted molar refractivity (Wildman–Crippen MR) is 66.8 cm³/mol. The maximum Gasteiger partial charge on any atom is 0.145 e. The summed E-state index contributed by atoms with van der Waals surface area (Å²) >= 11 is 6.08. The maximum atomic E-state index is 6.08. The molecule has 0 spiro atoms. The van der Waals surface area contributed by atoms with Gasteiger partial charge in [0.25, 0.3) is 0 Å². The highest BCUT2D eigenvalue weighted by Crippen LogP contribution is 2.20. The number of likely N-dealkylation sites (N-methyl/N-ethyl adjacent to an activating group) is 1. The molecule has 1 atom stereocenters. The second-order valence-corrected chi connectivity index (χ2v) is 4.03. The van der Waals surface area contributed by atoms with Crippen LogP contribution in [0.3, 0.4) is 0 Å². The van der Waals surface area contributed by atoms with Crippen molar-refractivity contribution in [2.45, 2.75) is 12.5 Å². The van der Waals surface area contributed by atoms with Gasteiger partial charge in [0.15, 0.2) is 0 Å². The van der Waals surface area contributed by atoms with E-state index in [0.717, 1.165) is 17.8 Å². The second-order valence-electron chi connectivity index (χ2n) is 3.62. The minimum atomic E-state index is 0.0519. The molecule has 0 bridgehead atoms. The van der Waals surface area contributed by atoms with Crippen molar-refractivity contribution in [1.82, 2.24) is 20.3 Å². The van der Waals surface area contributed by atoms with Crippen molar-refractivity contribution in [3.05, 3.63) is 53.3 Å². The van der Waals surface area contributed by atoms with Gasteiger partial charge in [0.05, 0.1) is 11.1 Å². The highest BCUT2D eigenvalue weighted by atomic mass is 35.5. The van der Waals surface area contributed by atoms with E-state index in [9.17, 15) is 0 Å². The van der Waals surface area contributed by atoms with E-state index < -0.39 is 0 Å². The van der Waals surface area contributed by atoms with E-state index in [1.807, 2.05) is 13.1 Å². The largest absolute Gasteiger partial charge is 0.310 e. The quantitative estimate of drug-likeness (QED) is 0.900. The number of pyridine rings is 1. The van der Waals surface area contributed by atoms with Crippen LogP contribution in [0.15, 0.2) is 36.9 Å². The first-order valence-corrected chi connectivity index (χ1v) is 5.71. The normalized spacial score (nSPS) is 12.4. The van der Waals surface area contributed by atoms with Crippen molar-refractivity contribution < 1.29 is 0 Å². The fraction of sp³-hybridized carbons (Fsp3) is 0.250. The molecule has 0 amide bonds. The van der Waals surface area contributed by atoms with Crippen LogP contribution in [0.4, 0.5) is 0 Å². The topological polar surface area (TPSA) is 50.7 Å². The molecule has 1 N–H and O–H groups in total. The van der Waals surface area contributed by atoms with Crippen molar-refractivity contribution >= 4 is 11.6 Å². The van der Waals surface area contributed by atoms with Gasteiger partial charge in [-0.25, -0.2) is 9.97 Å². The lowest BCUT2D eigenvalue weighted by atomic mass is 10.1. The first-order chi connectivity index (χ1) is 8.31. The Labute approximate surface area is 105 Å². The Morgan fingerprint density at radius 1 is 1.29 bits per heavy atom. The lowest BCUT2D eigenvalue weighted by molar-refractivity contribution is 0.557. The molecular weight excluding hydrogens is 236 g/mol. The molecule has 2 heterocycles. The van der Waals surface area contributed by atoms with Crippen LogP contribution in [0.2, 0.25) is 5.02 Å². The molecule has 4 nitrogen and oxygen atoms in total. The average molecular weight is 249 g/mol. The van der Waals surface area contributed by atoms with Crippen LogP contribution < -0.4 is 5.32 Å². The molecule has 0 saturated heterocycles. The van der Waals surface area contributed by atoms with Gasteiger partial charge in [-0.2, -0.15) is 0 Å². The summed E-state index contributed by atoms with van der Waals surface area (Å²) in [4.78, 5) is 12.5. The van der Waals surface area contributed by atoms with Crippen LogP contribution >= 0.6 is 11.6 Å². The first-order valence-electron chi connectivity index (χ1n) is 5.34. The van der Waals surface area contributed by atoms with Gasteiger partial charge in [0.2, 0.25) is 0 Å². The Morgan fingerprint density at radius 2 is 2.06 bits per heavy atom. The van der Waals surface area contributed by atoms with Crippen LogP contribution in [-0.4, -0.2) is 22.0 Å². The van der Waals surface area contributed by atoms with Crippen LogP contribution in [-0.2, 0) is 6.42 Å². The summed E-state index contributed by atoms with van der Waals surface area (Å²) in [5.41, 5.74) is 1.04. The third kappa shape index (κ3) is 2.99. The van der Waals surface area contributed by atoms with E-state index in [1.165, 1.54) is 0 Å². The lowest BCUT2D eigenvalue weighted by Gasteiger charge is -2.14. The summed E-state index contributed by atoms with van der Waals surface area (Å²) < 4.78 is 0. The highest BCUT2D eigenvalue weighted by molar-refractivity contribution is 6.31. The number of nitrogens with zero attached hydrogens (tertiary/aromatic N) is 3. The summed E-state index contributed by atoms with van der Waals surface area (Å²) in [5.74, 6) is 0.767. The van der Waals surface area contributed by atoms with Crippen molar-refractivity contribution in [2.24, 2.45) is 0 Å². The van der Waals surface area contributed by atoms with Gasteiger partial charge in [-0.3, -0.25) is 4.98 Å². The van der Waals surface area contributed by atoms with Gasteiger partial charge in [-0.1, -0.05) is 11.6 Å². The Bertz CT molecular complexity index is 475. The number of rotatable bonds is 4. The van der Waals surface area contributed by atoms with Gasteiger partial charge < -0.3 is 5.32 Å². The number of nitrogens with one attached hydrogen (secondary N) is 1. The summed E-state index contributed by atoms with van der Waals surface area (Å²) in [5, 5.41) is 3.86. The second kappa shape index (κ2) is 5.70. The molecule has 0 aromatic carbocycles. The molecule has 0 fully saturated rings. The van der Waals surface area contributed by atoms with Gasteiger partial charge >= 0.3 is 0 Å². The van der Waals surface area contributed by atoms with E-state index in [1.54, 1.807) is 30.9 Å². The van der Waals surface area contributed by atoms with E-state index in [4.69, 9.17) is 11.6 Å². The summed E-state index contributed by atoms with van der Waals surface area (Å²) in [6.07, 6.45) is 7.60. The number of halogens is 1. The molecule has 2 rings (SSSR count). The molecular formula is C12H13ClN4. The summed E-state index contributed by atoms with van der Waals surface area (Å²) in [6, 6.07) is 3.77. The van der Waals surface area contributed by atoms with Crippen LogP contribution in [0, 0.1) is 0 Å². The molecule has 0 radical (unpaired) electrons. The average Bonchev–Trinajstić information content (AvgIpc) is 2.39. The maximum absolute atomic E-state index is 6.08. The summed E-state index contributed by atoms with van der Waals surface area (Å²) in [7, 11) is 1.89. The zero-order valence-corrected chi connectivity index (χ0v) is 10.2. The van der Waals surface area contributed by atoms with E-state index in [0.29, 0.717) is 5.02 Å². The molecule has 17 heavy (non-hydrogen) atoms. The Kier molecular flexibility index (Phi) is 4.01. The molecule has 0 aliphatic carbocycles. The van der Waals surface area contributed by atoms with E-state index in [2.05, 4.69) is 20.3 Å². The molecule has 88 valence electrons. The smallest absolute Gasteiger partial charge is 0.145 e. The summed E-state index contributed by atoms with van der Waals surface area (Å²) in [6.45, 7) is 0. The van der Waals surface area contributed by atoms with Crippen LogP contribution in [0.5, 0.6) is 0 Å². The van der Waals surface area contributed by atoms with E-state index >= 15 is 0 Å². The highest BCUT2D eigenvalue weighted by Gasteiger charge is 2.14. The number of hydrogen-bond acceptors (Lipinski definition) is 4. The molecule has 2 aromatic rings. The molecule has 0 saturated carbocycles. The van der Waals surface area contributed by atoms with Crippen LogP contribution in [0.25, 0.3) is 0 Å². The van der Waals surface area contributed by atoms with Crippen molar-refractivity contribution in [3.63, 3.8) is 0 Å².